The molecule has 1 aromatic rings. The number of carbonyl (C=O) groups is 1. The van der Waals surface area contributed by atoms with Crippen molar-refractivity contribution >= 4 is 11.6 Å². The summed E-state index contributed by atoms with van der Waals surface area (Å²) in [5.74, 6) is 1.52. The minimum absolute atomic E-state index is 0.0456. The largest absolute Gasteiger partial charge is 0.388 e. The van der Waals surface area contributed by atoms with Crippen LogP contribution >= 0.6 is 0 Å². The second-order valence-electron chi connectivity index (χ2n) is 4.96. The molecule has 0 bridgehead atoms. The summed E-state index contributed by atoms with van der Waals surface area (Å²) in [7, 11) is 1.88. The molecule has 1 amide bonds. The van der Waals surface area contributed by atoms with Crippen molar-refractivity contribution in [2.75, 3.05) is 18.9 Å². The van der Waals surface area contributed by atoms with Crippen LogP contribution in [0.5, 0.6) is 0 Å². The van der Waals surface area contributed by atoms with Crippen LogP contribution in [-0.2, 0) is 0 Å². The number of hydrogen-bond donors (Lipinski definition) is 2. The Morgan fingerprint density at radius 3 is 2.71 bits per heavy atom. The van der Waals surface area contributed by atoms with E-state index in [9.17, 15) is 4.79 Å². The highest BCUT2D eigenvalue weighted by atomic mass is 16.1. The van der Waals surface area contributed by atoms with Crippen LogP contribution in [0.15, 0.2) is 18.2 Å². The van der Waals surface area contributed by atoms with Crippen LogP contribution in [-0.4, -0.2) is 19.5 Å². The number of anilines is 1. The van der Waals surface area contributed by atoms with Crippen LogP contribution in [0.3, 0.4) is 0 Å². The first-order valence-electron chi connectivity index (χ1n) is 6.18. The van der Waals surface area contributed by atoms with Gasteiger partial charge < -0.3 is 10.6 Å². The molecule has 0 heterocycles. The van der Waals surface area contributed by atoms with Gasteiger partial charge >= 0.3 is 0 Å². The first-order chi connectivity index (χ1) is 8.11. The number of nitrogens with one attached hydrogen (secondary N) is 2. The molecule has 0 radical (unpaired) electrons. The number of rotatable bonds is 4. The van der Waals surface area contributed by atoms with Gasteiger partial charge in [0.15, 0.2) is 0 Å². The van der Waals surface area contributed by atoms with Crippen molar-refractivity contribution in [1.29, 1.82) is 0 Å². The molecule has 2 rings (SSSR count). The zero-order chi connectivity index (χ0) is 12.4. The van der Waals surface area contributed by atoms with Crippen LogP contribution in [0, 0.1) is 18.8 Å². The number of amides is 1. The number of hydrogen-bond acceptors (Lipinski definition) is 2. The van der Waals surface area contributed by atoms with E-state index in [-0.39, 0.29) is 5.91 Å². The molecule has 3 nitrogen and oxygen atoms in total. The summed E-state index contributed by atoms with van der Waals surface area (Å²) < 4.78 is 0. The van der Waals surface area contributed by atoms with Crippen molar-refractivity contribution in [2.45, 2.75) is 20.3 Å². The number of carbonyl (C=O) groups excluding carboxylic acids is 1. The van der Waals surface area contributed by atoms with Gasteiger partial charge in [0, 0.05) is 24.8 Å². The maximum Gasteiger partial charge on any atom is 0.251 e. The van der Waals surface area contributed by atoms with Gasteiger partial charge in [0.25, 0.3) is 5.91 Å². The summed E-state index contributed by atoms with van der Waals surface area (Å²) in [6, 6.07) is 5.81. The van der Waals surface area contributed by atoms with E-state index in [0.717, 1.165) is 29.3 Å². The molecule has 1 aliphatic carbocycles. The van der Waals surface area contributed by atoms with Crippen molar-refractivity contribution in [3.05, 3.63) is 29.3 Å². The van der Waals surface area contributed by atoms with E-state index in [1.165, 1.54) is 6.42 Å². The Hall–Kier alpha value is -1.51. The molecule has 2 atom stereocenters. The zero-order valence-electron chi connectivity index (χ0n) is 10.7. The topological polar surface area (TPSA) is 41.1 Å². The van der Waals surface area contributed by atoms with Gasteiger partial charge in [0.05, 0.1) is 0 Å². The van der Waals surface area contributed by atoms with Crippen LogP contribution in [0.2, 0.25) is 0 Å². The lowest BCUT2D eigenvalue weighted by Crippen LogP contribution is -2.26. The molecule has 17 heavy (non-hydrogen) atoms. The van der Waals surface area contributed by atoms with Gasteiger partial charge in [0.2, 0.25) is 0 Å². The molecule has 0 aliphatic heterocycles. The number of benzene rings is 1. The summed E-state index contributed by atoms with van der Waals surface area (Å²) in [4.78, 5) is 12.0. The Bertz CT molecular complexity index is 428. The molecule has 1 aliphatic rings. The minimum atomic E-state index is 0.0456. The van der Waals surface area contributed by atoms with E-state index in [1.54, 1.807) is 0 Å². The molecule has 1 fully saturated rings. The van der Waals surface area contributed by atoms with Crippen molar-refractivity contribution in [2.24, 2.45) is 11.8 Å². The Balaban J connectivity index is 1.98. The Kier molecular flexibility index (Phi) is 3.36. The molecule has 0 saturated heterocycles. The Morgan fingerprint density at radius 2 is 2.18 bits per heavy atom. The van der Waals surface area contributed by atoms with Gasteiger partial charge in [-0.15, -0.1) is 0 Å². The van der Waals surface area contributed by atoms with Crippen LogP contribution < -0.4 is 10.6 Å². The average molecular weight is 232 g/mol. The van der Waals surface area contributed by atoms with Gasteiger partial charge in [-0.2, -0.15) is 0 Å². The van der Waals surface area contributed by atoms with E-state index < -0.39 is 0 Å². The van der Waals surface area contributed by atoms with Crippen LogP contribution in [0.1, 0.15) is 29.3 Å². The van der Waals surface area contributed by atoms with E-state index in [1.807, 2.05) is 32.2 Å². The van der Waals surface area contributed by atoms with Gasteiger partial charge in [-0.1, -0.05) is 6.92 Å². The highest BCUT2D eigenvalue weighted by Gasteiger charge is 2.32. The first-order valence-corrected chi connectivity index (χ1v) is 6.18. The molecule has 92 valence electrons. The fourth-order valence-corrected chi connectivity index (χ4v) is 2.08. The van der Waals surface area contributed by atoms with E-state index >= 15 is 0 Å². The first kappa shape index (κ1) is 12.0. The van der Waals surface area contributed by atoms with Gasteiger partial charge in [-0.05, 0) is 48.9 Å². The summed E-state index contributed by atoms with van der Waals surface area (Å²) in [5, 5.41) is 6.08. The predicted molar refractivity (Wildman–Crippen MR) is 70.3 cm³/mol. The predicted octanol–water partition coefficient (Wildman–Crippen LogP) is 2.42. The lowest BCUT2D eigenvalue weighted by Gasteiger charge is -2.09. The zero-order valence-corrected chi connectivity index (χ0v) is 10.7. The minimum Gasteiger partial charge on any atom is -0.388 e. The third-order valence-electron chi connectivity index (χ3n) is 3.56. The molecule has 3 heteroatoms. The van der Waals surface area contributed by atoms with Crippen molar-refractivity contribution < 1.29 is 4.79 Å². The van der Waals surface area contributed by atoms with Gasteiger partial charge in [-0.25, -0.2) is 0 Å². The lowest BCUT2D eigenvalue weighted by atomic mass is 10.1. The van der Waals surface area contributed by atoms with Crippen molar-refractivity contribution in [1.82, 2.24) is 5.32 Å². The molecule has 2 N–H and O–H groups in total. The molecule has 0 spiro atoms. The highest BCUT2D eigenvalue weighted by molar-refractivity contribution is 5.96. The monoisotopic (exact) mass is 232 g/mol. The van der Waals surface area contributed by atoms with Crippen LogP contribution in [0.4, 0.5) is 5.69 Å². The third-order valence-corrected chi connectivity index (χ3v) is 3.56. The normalized spacial score (nSPS) is 22.1. The van der Waals surface area contributed by atoms with Crippen molar-refractivity contribution in [3.63, 3.8) is 0 Å². The second-order valence-corrected chi connectivity index (χ2v) is 4.96. The SMILES string of the molecule is CNc1ccc(C(=O)NCC2CC2C)c(C)c1. The van der Waals surface area contributed by atoms with Crippen LogP contribution in [0.25, 0.3) is 0 Å². The lowest BCUT2D eigenvalue weighted by molar-refractivity contribution is 0.0951. The second kappa shape index (κ2) is 4.78. The van der Waals surface area contributed by atoms with Gasteiger partial charge in [-0.3, -0.25) is 4.79 Å². The van der Waals surface area contributed by atoms with E-state index in [2.05, 4.69) is 17.6 Å². The fourth-order valence-electron chi connectivity index (χ4n) is 2.08. The van der Waals surface area contributed by atoms with E-state index in [0.29, 0.717) is 5.92 Å². The standard InChI is InChI=1S/C14H20N2O/c1-9-6-11(9)8-16-14(17)13-5-4-12(15-3)7-10(13)2/h4-5,7,9,11,15H,6,8H2,1-3H3,(H,16,17). The van der Waals surface area contributed by atoms with Gasteiger partial charge in [0.1, 0.15) is 0 Å². The fraction of sp³-hybridized carbons (Fsp3) is 0.500. The molecule has 0 aromatic heterocycles. The average Bonchev–Trinajstić information content (AvgIpc) is 3.02. The summed E-state index contributed by atoms with van der Waals surface area (Å²) in [6.07, 6.45) is 1.25. The Labute approximate surface area is 103 Å². The molecular weight excluding hydrogens is 212 g/mol. The molecular formula is C14H20N2O. The van der Waals surface area contributed by atoms with Crippen molar-refractivity contribution in [3.8, 4) is 0 Å². The maximum absolute atomic E-state index is 12.0. The van der Waals surface area contributed by atoms with E-state index in [4.69, 9.17) is 0 Å². The number of aryl methyl sites for hydroxylation is 1. The third kappa shape index (κ3) is 2.78. The molecule has 2 unspecified atom stereocenters. The summed E-state index contributed by atoms with van der Waals surface area (Å²) >= 11 is 0. The summed E-state index contributed by atoms with van der Waals surface area (Å²) in [6.45, 7) is 5.01. The highest BCUT2D eigenvalue weighted by Crippen LogP contribution is 2.36. The smallest absolute Gasteiger partial charge is 0.251 e. The quantitative estimate of drug-likeness (QED) is 0.837. The molecule has 1 aromatic carbocycles. The maximum atomic E-state index is 12.0. The molecule has 1 saturated carbocycles. The Morgan fingerprint density at radius 1 is 1.47 bits per heavy atom. The summed E-state index contributed by atoms with van der Waals surface area (Å²) in [5.41, 5.74) is 2.82.